The molecule has 0 radical (unpaired) electrons. The normalized spacial score (nSPS) is 11.2. The van der Waals surface area contributed by atoms with Gasteiger partial charge in [-0.25, -0.2) is 0 Å². The second-order valence-electron chi connectivity index (χ2n) is 4.35. The van der Waals surface area contributed by atoms with E-state index in [0.717, 1.165) is 12.2 Å². The molecule has 0 bridgehead atoms. The van der Waals surface area contributed by atoms with Gasteiger partial charge in [-0.1, -0.05) is 6.92 Å². The van der Waals surface area contributed by atoms with E-state index in [1.165, 1.54) is 0 Å². The van der Waals surface area contributed by atoms with Gasteiger partial charge in [0, 0.05) is 0 Å². The minimum atomic E-state index is -0.506. The number of carbonyl (C=O) groups excluding carboxylic acids is 2. The van der Waals surface area contributed by atoms with E-state index in [9.17, 15) is 9.59 Å². The van der Waals surface area contributed by atoms with E-state index in [0.29, 0.717) is 5.75 Å². The van der Waals surface area contributed by atoms with Crippen LogP contribution in [0.5, 0.6) is 0 Å². The first-order valence-electron chi connectivity index (χ1n) is 5.16. The highest BCUT2D eigenvalue weighted by atomic mass is 32.2. The van der Waals surface area contributed by atoms with Crippen molar-refractivity contribution in [3.63, 3.8) is 0 Å². The van der Waals surface area contributed by atoms with Crippen LogP contribution in [0.3, 0.4) is 0 Å². The zero-order chi connectivity index (χ0) is 11.9. The Morgan fingerprint density at radius 2 is 1.87 bits per heavy atom. The second-order valence-corrected chi connectivity index (χ2v) is 5.46. The third-order valence-electron chi connectivity index (χ3n) is 1.37. The fourth-order valence-electron chi connectivity index (χ4n) is 0.920. The lowest BCUT2D eigenvalue weighted by Gasteiger charge is -2.19. The minimum absolute atomic E-state index is 0.0531. The van der Waals surface area contributed by atoms with Crippen molar-refractivity contribution in [1.29, 1.82) is 0 Å². The predicted molar refractivity (Wildman–Crippen MR) is 63.1 cm³/mol. The van der Waals surface area contributed by atoms with Gasteiger partial charge in [-0.2, -0.15) is 11.8 Å². The maximum absolute atomic E-state index is 11.3. The standard InChI is InChI=1S/C11H20O3S/c1-5-6-15-8-9(12)7-10(13)14-11(2,3)4/h5-8H2,1-4H3. The molecular formula is C11H20O3S. The summed E-state index contributed by atoms with van der Waals surface area (Å²) in [5.41, 5.74) is -0.506. The molecule has 0 aromatic heterocycles. The van der Waals surface area contributed by atoms with Crippen LogP contribution in [-0.4, -0.2) is 28.9 Å². The molecule has 0 unspecified atom stereocenters. The molecule has 0 fully saturated rings. The van der Waals surface area contributed by atoms with Gasteiger partial charge in [0.05, 0.1) is 5.75 Å². The van der Waals surface area contributed by atoms with E-state index < -0.39 is 11.6 Å². The smallest absolute Gasteiger partial charge is 0.313 e. The molecule has 0 saturated carbocycles. The van der Waals surface area contributed by atoms with Gasteiger partial charge >= 0.3 is 5.97 Å². The highest BCUT2D eigenvalue weighted by molar-refractivity contribution is 7.99. The molecule has 0 aliphatic carbocycles. The fourth-order valence-corrected chi connectivity index (χ4v) is 1.68. The third kappa shape index (κ3) is 9.79. The number of thioether (sulfide) groups is 1. The molecular weight excluding hydrogens is 212 g/mol. The Bertz CT molecular complexity index is 218. The molecule has 0 aromatic carbocycles. The van der Waals surface area contributed by atoms with Gasteiger partial charge in [0.15, 0.2) is 5.78 Å². The number of ketones is 1. The SMILES string of the molecule is CCCSCC(=O)CC(=O)OC(C)(C)C. The lowest BCUT2D eigenvalue weighted by molar-refractivity contribution is -0.155. The number of rotatable bonds is 6. The topological polar surface area (TPSA) is 43.4 Å². The molecule has 0 saturated heterocycles. The number of hydrogen-bond donors (Lipinski definition) is 0. The summed E-state index contributed by atoms with van der Waals surface area (Å²) >= 11 is 1.56. The first-order valence-corrected chi connectivity index (χ1v) is 6.32. The minimum Gasteiger partial charge on any atom is -0.460 e. The molecule has 0 spiro atoms. The summed E-state index contributed by atoms with van der Waals surface area (Å²) in [7, 11) is 0. The number of esters is 1. The molecule has 0 amide bonds. The van der Waals surface area contributed by atoms with Crippen LogP contribution in [0.25, 0.3) is 0 Å². The number of carbonyl (C=O) groups is 2. The summed E-state index contributed by atoms with van der Waals surface area (Å²) in [6, 6.07) is 0. The van der Waals surface area contributed by atoms with Gasteiger partial charge < -0.3 is 4.74 Å². The molecule has 0 rings (SSSR count). The van der Waals surface area contributed by atoms with Crippen molar-refractivity contribution in [3.8, 4) is 0 Å². The van der Waals surface area contributed by atoms with Crippen LogP contribution in [0.2, 0.25) is 0 Å². The van der Waals surface area contributed by atoms with E-state index in [4.69, 9.17) is 4.74 Å². The quantitative estimate of drug-likeness (QED) is 0.401. The van der Waals surface area contributed by atoms with Crippen LogP contribution in [0.15, 0.2) is 0 Å². The maximum atomic E-state index is 11.3. The first-order chi connectivity index (χ1) is 6.85. The van der Waals surface area contributed by atoms with Gasteiger partial charge in [0.2, 0.25) is 0 Å². The summed E-state index contributed by atoms with van der Waals surface area (Å²) in [5, 5.41) is 0. The van der Waals surface area contributed by atoms with Crippen molar-refractivity contribution in [2.24, 2.45) is 0 Å². The van der Waals surface area contributed by atoms with Crippen molar-refractivity contribution in [2.45, 2.75) is 46.1 Å². The Balaban J connectivity index is 3.72. The van der Waals surface area contributed by atoms with Gasteiger partial charge in [-0.05, 0) is 32.9 Å². The van der Waals surface area contributed by atoms with Crippen molar-refractivity contribution in [2.75, 3.05) is 11.5 Å². The zero-order valence-corrected chi connectivity index (χ0v) is 10.8. The summed E-state index contributed by atoms with van der Waals surface area (Å²) in [5.74, 6) is 0.889. The molecule has 88 valence electrons. The van der Waals surface area contributed by atoms with Crippen molar-refractivity contribution in [3.05, 3.63) is 0 Å². The van der Waals surface area contributed by atoms with Crippen LogP contribution in [-0.2, 0) is 14.3 Å². The van der Waals surface area contributed by atoms with Crippen molar-refractivity contribution < 1.29 is 14.3 Å². The van der Waals surface area contributed by atoms with Gasteiger partial charge in [0.1, 0.15) is 12.0 Å². The average Bonchev–Trinajstić information content (AvgIpc) is 2.00. The monoisotopic (exact) mass is 232 g/mol. The average molecular weight is 232 g/mol. The largest absolute Gasteiger partial charge is 0.460 e. The number of Topliss-reactive ketones (excluding diaryl/α,β-unsaturated/α-hetero) is 1. The highest BCUT2D eigenvalue weighted by Gasteiger charge is 2.18. The van der Waals surface area contributed by atoms with Gasteiger partial charge in [-0.15, -0.1) is 0 Å². The maximum Gasteiger partial charge on any atom is 0.313 e. The third-order valence-corrected chi connectivity index (χ3v) is 2.60. The Hall–Kier alpha value is -0.510. The molecule has 0 aliphatic rings. The van der Waals surface area contributed by atoms with Crippen LogP contribution < -0.4 is 0 Å². The summed E-state index contributed by atoms with van der Waals surface area (Å²) in [4.78, 5) is 22.5. The fraction of sp³-hybridized carbons (Fsp3) is 0.818. The van der Waals surface area contributed by atoms with E-state index in [2.05, 4.69) is 6.92 Å². The Kier molecular flexibility index (Phi) is 6.65. The molecule has 0 aromatic rings. The Morgan fingerprint density at radius 1 is 1.27 bits per heavy atom. The van der Waals surface area contributed by atoms with Gasteiger partial charge in [0.25, 0.3) is 0 Å². The molecule has 0 heterocycles. The Morgan fingerprint density at radius 3 is 2.33 bits per heavy atom. The number of hydrogen-bond acceptors (Lipinski definition) is 4. The molecule has 3 nitrogen and oxygen atoms in total. The molecule has 15 heavy (non-hydrogen) atoms. The number of ether oxygens (including phenoxy) is 1. The first kappa shape index (κ1) is 14.5. The van der Waals surface area contributed by atoms with Crippen LogP contribution >= 0.6 is 11.8 Å². The second kappa shape index (κ2) is 6.88. The molecule has 0 atom stereocenters. The van der Waals surface area contributed by atoms with Crippen LogP contribution in [0, 0.1) is 0 Å². The van der Waals surface area contributed by atoms with Gasteiger partial charge in [-0.3, -0.25) is 9.59 Å². The van der Waals surface area contributed by atoms with Crippen molar-refractivity contribution in [1.82, 2.24) is 0 Å². The predicted octanol–water partition coefficient (Wildman–Crippen LogP) is 2.43. The molecule has 0 aliphatic heterocycles. The van der Waals surface area contributed by atoms with E-state index in [-0.39, 0.29) is 12.2 Å². The van der Waals surface area contributed by atoms with Crippen molar-refractivity contribution >= 4 is 23.5 Å². The lowest BCUT2D eigenvalue weighted by atomic mass is 10.2. The lowest BCUT2D eigenvalue weighted by Crippen LogP contribution is -2.25. The summed E-state index contributed by atoms with van der Waals surface area (Å²) in [6.45, 7) is 7.44. The van der Waals surface area contributed by atoms with Crippen LogP contribution in [0.1, 0.15) is 40.5 Å². The van der Waals surface area contributed by atoms with E-state index >= 15 is 0 Å². The Labute approximate surface area is 95.9 Å². The summed E-state index contributed by atoms with van der Waals surface area (Å²) < 4.78 is 5.05. The molecule has 4 heteroatoms. The highest BCUT2D eigenvalue weighted by Crippen LogP contribution is 2.09. The molecule has 0 N–H and O–H groups in total. The zero-order valence-electron chi connectivity index (χ0n) is 9.96. The summed E-state index contributed by atoms with van der Waals surface area (Å²) in [6.07, 6.45) is 0.943. The van der Waals surface area contributed by atoms with Crippen LogP contribution in [0.4, 0.5) is 0 Å². The van der Waals surface area contributed by atoms with E-state index in [1.807, 2.05) is 0 Å². The van der Waals surface area contributed by atoms with E-state index in [1.54, 1.807) is 32.5 Å².